The molecular formula is C17H20BrNO2. The summed E-state index contributed by atoms with van der Waals surface area (Å²) in [5.74, 6) is 0.710. The summed E-state index contributed by atoms with van der Waals surface area (Å²) in [6.45, 7) is 2.50. The Balaban J connectivity index is 2.35. The van der Waals surface area contributed by atoms with E-state index in [0.717, 1.165) is 22.3 Å². The van der Waals surface area contributed by atoms with Crippen molar-refractivity contribution in [1.29, 1.82) is 0 Å². The van der Waals surface area contributed by atoms with Crippen molar-refractivity contribution in [2.24, 2.45) is 0 Å². The monoisotopic (exact) mass is 349 g/mol. The third kappa shape index (κ3) is 3.57. The Bertz CT molecular complexity index is 613. The summed E-state index contributed by atoms with van der Waals surface area (Å²) in [7, 11) is 3.64. The summed E-state index contributed by atoms with van der Waals surface area (Å²) < 4.78 is 6.46. The molecule has 0 bridgehead atoms. The van der Waals surface area contributed by atoms with Crippen LogP contribution in [0.25, 0.3) is 0 Å². The zero-order valence-electron chi connectivity index (χ0n) is 12.5. The molecule has 0 amide bonds. The molecule has 0 aliphatic rings. The lowest BCUT2D eigenvalue weighted by molar-refractivity contribution is 0.194. The van der Waals surface area contributed by atoms with E-state index in [9.17, 15) is 5.11 Å². The molecule has 0 fully saturated rings. The van der Waals surface area contributed by atoms with E-state index in [1.54, 1.807) is 14.0 Å². The first kappa shape index (κ1) is 15.9. The number of methoxy groups -OCH3 is 1. The van der Waals surface area contributed by atoms with Crippen molar-refractivity contribution in [2.75, 3.05) is 19.1 Å². The molecule has 0 saturated heterocycles. The van der Waals surface area contributed by atoms with Crippen molar-refractivity contribution >= 4 is 21.6 Å². The van der Waals surface area contributed by atoms with Crippen LogP contribution >= 0.6 is 15.9 Å². The van der Waals surface area contributed by atoms with Gasteiger partial charge in [0.25, 0.3) is 0 Å². The van der Waals surface area contributed by atoms with Gasteiger partial charge in [0.05, 0.1) is 13.2 Å². The minimum absolute atomic E-state index is 0.585. The lowest BCUT2D eigenvalue weighted by atomic mass is 10.1. The highest BCUT2D eigenvalue weighted by Crippen LogP contribution is 2.35. The molecule has 0 unspecified atom stereocenters. The van der Waals surface area contributed by atoms with Gasteiger partial charge in [0.1, 0.15) is 5.75 Å². The normalized spacial score (nSPS) is 12.0. The van der Waals surface area contributed by atoms with Crippen molar-refractivity contribution < 1.29 is 9.84 Å². The molecule has 0 aromatic heterocycles. The Kier molecular flexibility index (Phi) is 5.26. The summed E-state index contributed by atoms with van der Waals surface area (Å²) in [4.78, 5) is 2.12. The van der Waals surface area contributed by atoms with Gasteiger partial charge in [-0.2, -0.15) is 0 Å². The summed E-state index contributed by atoms with van der Waals surface area (Å²) in [6, 6.07) is 14.0. The first-order valence-corrected chi connectivity index (χ1v) is 7.63. The number of halogens is 1. The summed E-state index contributed by atoms with van der Waals surface area (Å²) in [5, 5.41) is 10.1. The lowest BCUT2D eigenvalue weighted by Crippen LogP contribution is -2.19. The summed E-state index contributed by atoms with van der Waals surface area (Å²) >= 11 is 3.57. The fraction of sp³-hybridized carbons (Fsp3) is 0.294. The van der Waals surface area contributed by atoms with Gasteiger partial charge in [-0.1, -0.05) is 40.2 Å². The number of aliphatic hydroxyl groups is 1. The molecular weight excluding hydrogens is 330 g/mol. The minimum Gasteiger partial charge on any atom is -0.496 e. The van der Waals surface area contributed by atoms with Gasteiger partial charge < -0.3 is 14.7 Å². The van der Waals surface area contributed by atoms with Crippen molar-refractivity contribution in [3.05, 3.63) is 58.1 Å². The van der Waals surface area contributed by atoms with Gasteiger partial charge in [0.2, 0.25) is 0 Å². The number of aliphatic hydroxyl groups excluding tert-OH is 1. The van der Waals surface area contributed by atoms with E-state index in [4.69, 9.17) is 4.74 Å². The van der Waals surface area contributed by atoms with Crippen LogP contribution in [0.1, 0.15) is 24.2 Å². The molecule has 2 aromatic carbocycles. The van der Waals surface area contributed by atoms with Crippen molar-refractivity contribution in [3.8, 4) is 5.75 Å². The lowest BCUT2D eigenvalue weighted by Gasteiger charge is -2.25. The van der Waals surface area contributed by atoms with Crippen molar-refractivity contribution in [1.82, 2.24) is 0 Å². The number of nitrogens with zero attached hydrogens (tertiary/aromatic N) is 1. The maximum atomic E-state index is 10.1. The Hall–Kier alpha value is -1.52. The van der Waals surface area contributed by atoms with Gasteiger partial charge in [-0.25, -0.2) is 0 Å². The second-order valence-corrected chi connectivity index (χ2v) is 5.87. The van der Waals surface area contributed by atoms with Crippen LogP contribution < -0.4 is 9.64 Å². The molecule has 0 aliphatic heterocycles. The smallest absolute Gasteiger partial charge is 0.126 e. The van der Waals surface area contributed by atoms with Crippen LogP contribution in [-0.2, 0) is 6.54 Å². The zero-order chi connectivity index (χ0) is 15.4. The SMILES string of the molecule is COc1cccc(N(C)Cc2ccccc2Br)c1[C@@H](C)O. The van der Waals surface area contributed by atoms with Crippen LogP contribution in [0.3, 0.4) is 0 Å². The Morgan fingerprint density at radius 3 is 2.52 bits per heavy atom. The van der Waals surface area contributed by atoms with Crippen molar-refractivity contribution in [3.63, 3.8) is 0 Å². The number of anilines is 1. The van der Waals surface area contributed by atoms with E-state index in [1.807, 2.05) is 43.4 Å². The van der Waals surface area contributed by atoms with Gasteiger partial charge in [0.15, 0.2) is 0 Å². The highest BCUT2D eigenvalue weighted by Gasteiger charge is 2.17. The zero-order valence-corrected chi connectivity index (χ0v) is 14.1. The predicted molar refractivity (Wildman–Crippen MR) is 89.9 cm³/mol. The highest BCUT2D eigenvalue weighted by atomic mass is 79.9. The second-order valence-electron chi connectivity index (χ2n) is 5.02. The van der Waals surface area contributed by atoms with Gasteiger partial charge in [-0.05, 0) is 30.7 Å². The average molecular weight is 350 g/mol. The van der Waals surface area contributed by atoms with Crippen molar-refractivity contribution in [2.45, 2.75) is 19.6 Å². The maximum absolute atomic E-state index is 10.1. The highest BCUT2D eigenvalue weighted by molar-refractivity contribution is 9.10. The van der Waals surface area contributed by atoms with Gasteiger partial charge in [0, 0.05) is 29.3 Å². The molecule has 0 aliphatic carbocycles. The number of rotatable bonds is 5. The van der Waals surface area contributed by atoms with E-state index in [2.05, 4.69) is 26.9 Å². The molecule has 0 saturated carbocycles. The van der Waals surface area contributed by atoms with Crippen LogP contribution in [0, 0.1) is 0 Å². The first-order valence-electron chi connectivity index (χ1n) is 6.84. The molecule has 0 radical (unpaired) electrons. The van der Waals surface area contributed by atoms with Gasteiger partial charge in [-0.3, -0.25) is 0 Å². The van der Waals surface area contributed by atoms with E-state index in [0.29, 0.717) is 5.75 Å². The van der Waals surface area contributed by atoms with Crippen LogP contribution in [-0.4, -0.2) is 19.3 Å². The molecule has 0 heterocycles. The summed E-state index contributed by atoms with van der Waals surface area (Å²) in [6.07, 6.45) is -0.585. The second kappa shape index (κ2) is 6.96. The molecule has 0 spiro atoms. The van der Waals surface area contributed by atoms with E-state index in [1.165, 1.54) is 5.56 Å². The number of hydrogen-bond donors (Lipinski definition) is 1. The van der Waals surface area contributed by atoms with Crippen LogP contribution in [0.2, 0.25) is 0 Å². The third-order valence-electron chi connectivity index (χ3n) is 3.46. The third-order valence-corrected chi connectivity index (χ3v) is 4.23. The fourth-order valence-electron chi connectivity index (χ4n) is 2.43. The molecule has 1 atom stereocenters. The average Bonchev–Trinajstić information content (AvgIpc) is 2.48. The Morgan fingerprint density at radius 2 is 1.90 bits per heavy atom. The molecule has 2 aromatic rings. The molecule has 2 rings (SSSR count). The standard InChI is InChI=1S/C17H20BrNO2/c1-12(20)17-15(9-6-10-16(17)21-3)19(2)11-13-7-4-5-8-14(13)18/h4-10,12,20H,11H2,1-3H3/t12-/m1/s1. The number of hydrogen-bond acceptors (Lipinski definition) is 3. The number of ether oxygens (including phenoxy) is 1. The first-order chi connectivity index (χ1) is 10.0. The topological polar surface area (TPSA) is 32.7 Å². The molecule has 112 valence electrons. The van der Waals surface area contributed by atoms with E-state index >= 15 is 0 Å². The van der Waals surface area contributed by atoms with E-state index < -0.39 is 6.10 Å². The quantitative estimate of drug-likeness (QED) is 0.880. The van der Waals surface area contributed by atoms with Gasteiger partial charge in [-0.15, -0.1) is 0 Å². The minimum atomic E-state index is -0.585. The molecule has 3 nitrogen and oxygen atoms in total. The largest absolute Gasteiger partial charge is 0.496 e. The summed E-state index contributed by atoms with van der Waals surface area (Å²) in [5.41, 5.74) is 2.98. The van der Waals surface area contributed by atoms with Crippen LogP contribution in [0.4, 0.5) is 5.69 Å². The van der Waals surface area contributed by atoms with E-state index in [-0.39, 0.29) is 0 Å². The van der Waals surface area contributed by atoms with Crippen LogP contribution in [0.5, 0.6) is 5.75 Å². The molecule has 21 heavy (non-hydrogen) atoms. The number of benzene rings is 2. The predicted octanol–water partition coefficient (Wildman–Crippen LogP) is 4.15. The van der Waals surface area contributed by atoms with Crippen LogP contribution in [0.15, 0.2) is 46.9 Å². The maximum Gasteiger partial charge on any atom is 0.126 e. The molecule has 1 N–H and O–H groups in total. The van der Waals surface area contributed by atoms with Gasteiger partial charge >= 0.3 is 0 Å². The Morgan fingerprint density at radius 1 is 1.19 bits per heavy atom. The Labute approximate surface area is 134 Å². The molecule has 4 heteroatoms. The fourth-order valence-corrected chi connectivity index (χ4v) is 2.84.